The molecule has 0 spiro atoms. The fourth-order valence-corrected chi connectivity index (χ4v) is 0.902. The van der Waals surface area contributed by atoms with Crippen LogP contribution in [-0.4, -0.2) is 35.4 Å². The summed E-state index contributed by atoms with van der Waals surface area (Å²) >= 11 is 0. The number of carbonyl (C=O) groups excluding carboxylic acids is 1. The molecule has 14 heavy (non-hydrogen) atoms. The molecule has 0 aliphatic carbocycles. The molecule has 0 aromatic heterocycles. The Bertz CT molecular complexity index is 214. The fourth-order valence-electron chi connectivity index (χ4n) is 0.902. The van der Waals surface area contributed by atoms with Crippen LogP contribution in [0.1, 0.15) is 26.7 Å². The number of hydrogen-bond acceptors (Lipinski definition) is 3. The highest BCUT2D eigenvalue weighted by Crippen LogP contribution is 2.01. The summed E-state index contributed by atoms with van der Waals surface area (Å²) in [5.74, 6) is 0.390. The molecule has 0 aromatic rings. The molecule has 0 unspecified atom stereocenters. The first-order valence-corrected chi connectivity index (χ1v) is 4.67. The zero-order valence-corrected chi connectivity index (χ0v) is 9.03. The van der Waals surface area contributed by atoms with Crippen molar-refractivity contribution in [3.8, 4) is 0 Å². The second-order valence-electron chi connectivity index (χ2n) is 3.77. The average molecular weight is 201 g/mol. The summed E-state index contributed by atoms with van der Waals surface area (Å²) < 4.78 is 0. The molecular formula is C9H19N3O2. The molecule has 3 N–H and O–H groups in total. The largest absolute Gasteiger partial charge is 0.409 e. The van der Waals surface area contributed by atoms with E-state index < -0.39 is 0 Å². The van der Waals surface area contributed by atoms with Gasteiger partial charge in [-0.05, 0) is 12.3 Å². The Morgan fingerprint density at radius 1 is 1.57 bits per heavy atom. The molecule has 0 aliphatic rings. The van der Waals surface area contributed by atoms with Gasteiger partial charge in [0.25, 0.3) is 0 Å². The summed E-state index contributed by atoms with van der Waals surface area (Å²) in [6.07, 6.45) is 0.934. The average Bonchev–Trinajstić information content (AvgIpc) is 2.13. The van der Waals surface area contributed by atoms with Gasteiger partial charge < -0.3 is 15.8 Å². The highest BCUT2D eigenvalue weighted by atomic mass is 16.4. The molecule has 1 amide bonds. The number of carbonyl (C=O) groups is 1. The van der Waals surface area contributed by atoms with Crippen LogP contribution < -0.4 is 5.73 Å². The van der Waals surface area contributed by atoms with E-state index in [1.165, 1.54) is 0 Å². The number of hydrogen-bond donors (Lipinski definition) is 2. The normalized spacial score (nSPS) is 11.9. The summed E-state index contributed by atoms with van der Waals surface area (Å²) in [6, 6.07) is 0. The van der Waals surface area contributed by atoms with Gasteiger partial charge in [0.05, 0.1) is 6.42 Å². The van der Waals surface area contributed by atoms with E-state index in [0.29, 0.717) is 12.5 Å². The Kier molecular flexibility index (Phi) is 5.67. The van der Waals surface area contributed by atoms with Crippen molar-refractivity contribution < 1.29 is 10.0 Å². The zero-order valence-electron chi connectivity index (χ0n) is 9.03. The first-order chi connectivity index (χ1) is 6.47. The van der Waals surface area contributed by atoms with Crippen LogP contribution in [0.5, 0.6) is 0 Å². The van der Waals surface area contributed by atoms with Gasteiger partial charge in [-0.3, -0.25) is 4.79 Å². The molecule has 0 fully saturated rings. The van der Waals surface area contributed by atoms with E-state index in [-0.39, 0.29) is 18.2 Å². The Balaban J connectivity index is 3.88. The minimum Gasteiger partial charge on any atom is -0.409 e. The monoisotopic (exact) mass is 201 g/mol. The Hall–Kier alpha value is -1.26. The van der Waals surface area contributed by atoms with Crippen molar-refractivity contribution in [1.82, 2.24) is 4.90 Å². The van der Waals surface area contributed by atoms with E-state index >= 15 is 0 Å². The molecule has 0 rings (SSSR count). The van der Waals surface area contributed by atoms with Crippen molar-refractivity contribution in [3.05, 3.63) is 0 Å². The number of oxime groups is 1. The zero-order chi connectivity index (χ0) is 11.1. The topological polar surface area (TPSA) is 78.9 Å². The maximum absolute atomic E-state index is 11.4. The van der Waals surface area contributed by atoms with Gasteiger partial charge in [0.1, 0.15) is 5.84 Å². The molecule has 0 aliphatic heterocycles. The van der Waals surface area contributed by atoms with E-state index in [9.17, 15) is 4.79 Å². The molecule has 0 heterocycles. The lowest BCUT2D eigenvalue weighted by atomic mass is 10.1. The molecular weight excluding hydrogens is 182 g/mol. The van der Waals surface area contributed by atoms with Gasteiger partial charge >= 0.3 is 0 Å². The van der Waals surface area contributed by atoms with Crippen LogP contribution in [-0.2, 0) is 4.79 Å². The smallest absolute Gasteiger partial charge is 0.230 e. The second-order valence-corrected chi connectivity index (χ2v) is 3.77. The summed E-state index contributed by atoms with van der Waals surface area (Å²) in [4.78, 5) is 13.0. The highest BCUT2D eigenvalue weighted by molar-refractivity contribution is 5.98. The van der Waals surface area contributed by atoms with Crippen LogP contribution in [0.3, 0.4) is 0 Å². The van der Waals surface area contributed by atoms with Crippen LogP contribution in [0, 0.1) is 5.92 Å². The van der Waals surface area contributed by atoms with Crippen LogP contribution in [0.4, 0.5) is 0 Å². The summed E-state index contributed by atoms with van der Waals surface area (Å²) in [5, 5.41) is 11.0. The third-order valence-corrected chi connectivity index (χ3v) is 1.93. The second kappa shape index (κ2) is 6.23. The van der Waals surface area contributed by atoms with Crippen molar-refractivity contribution in [3.63, 3.8) is 0 Å². The molecule has 0 bridgehead atoms. The predicted molar refractivity (Wildman–Crippen MR) is 55.1 cm³/mol. The Labute approximate surface area is 84.6 Å². The van der Waals surface area contributed by atoms with Gasteiger partial charge in [-0.2, -0.15) is 0 Å². The van der Waals surface area contributed by atoms with E-state index in [1.54, 1.807) is 11.9 Å². The van der Waals surface area contributed by atoms with Crippen molar-refractivity contribution >= 4 is 11.7 Å². The van der Waals surface area contributed by atoms with Gasteiger partial charge in [0.15, 0.2) is 0 Å². The first kappa shape index (κ1) is 12.7. The maximum Gasteiger partial charge on any atom is 0.230 e. The summed E-state index contributed by atoms with van der Waals surface area (Å²) in [6.45, 7) is 4.90. The lowest BCUT2D eigenvalue weighted by Gasteiger charge is -2.17. The van der Waals surface area contributed by atoms with Crippen molar-refractivity contribution in [1.29, 1.82) is 0 Å². The van der Waals surface area contributed by atoms with Gasteiger partial charge in [-0.1, -0.05) is 19.0 Å². The fraction of sp³-hybridized carbons (Fsp3) is 0.778. The maximum atomic E-state index is 11.4. The van der Waals surface area contributed by atoms with Crippen molar-refractivity contribution in [2.45, 2.75) is 26.7 Å². The van der Waals surface area contributed by atoms with Crippen molar-refractivity contribution in [2.24, 2.45) is 16.8 Å². The summed E-state index contributed by atoms with van der Waals surface area (Å²) in [5.41, 5.74) is 5.22. The quantitative estimate of drug-likeness (QED) is 0.296. The third kappa shape index (κ3) is 5.40. The van der Waals surface area contributed by atoms with E-state index in [4.69, 9.17) is 10.9 Å². The number of nitrogens with two attached hydrogens (primary N) is 1. The number of nitrogens with zero attached hydrogens (tertiary/aromatic N) is 2. The molecule has 0 aromatic carbocycles. The molecule has 5 nitrogen and oxygen atoms in total. The van der Waals surface area contributed by atoms with Crippen LogP contribution in [0.25, 0.3) is 0 Å². The van der Waals surface area contributed by atoms with E-state index in [1.807, 2.05) is 0 Å². The van der Waals surface area contributed by atoms with Crippen LogP contribution in [0.15, 0.2) is 5.16 Å². The Morgan fingerprint density at radius 3 is 2.57 bits per heavy atom. The highest BCUT2D eigenvalue weighted by Gasteiger charge is 2.10. The molecule has 82 valence electrons. The molecule has 0 atom stereocenters. The third-order valence-electron chi connectivity index (χ3n) is 1.93. The van der Waals surface area contributed by atoms with Gasteiger partial charge in [0, 0.05) is 13.6 Å². The van der Waals surface area contributed by atoms with Crippen LogP contribution >= 0.6 is 0 Å². The number of amides is 1. The molecule has 0 saturated carbocycles. The van der Waals surface area contributed by atoms with Gasteiger partial charge in [-0.25, -0.2) is 0 Å². The number of amidine groups is 1. The van der Waals surface area contributed by atoms with E-state index in [2.05, 4.69) is 19.0 Å². The van der Waals surface area contributed by atoms with Gasteiger partial charge in [0.2, 0.25) is 5.91 Å². The number of rotatable bonds is 5. The minimum atomic E-state index is -0.124. The minimum absolute atomic E-state index is 0.0227. The predicted octanol–water partition coefficient (Wildman–Crippen LogP) is 0.627. The van der Waals surface area contributed by atoms with Crippen LogP contribution in [0.2, 0.25) is 0 Å². The Morgan fingerprint density at radius 2 is 2.14 bits per heavy atom. The van der Waals surface area contributed by atoms with Crippen molar-refractivity contribution in [2.75, 3.05) is 13.6 Å². The summed E-state index contributed by atoms with van der Waals surface area (Å²) in [7, 11) is 1.72. The lowest BCUT2D eigenvalue weighted by molar-refractivity contribution is -0.128. The molecule has 0 radical (unpaired) electrons. The lowest BCUT2D eigenvalue weighted by Crippen LogP contribution is -2.32. The first-order valence-electron chi connectivity index (χ1n) is 4.67. The van der Waals surface area contributed by atoms with Gasteiger partial charge in [-0.15, -0.1) is 0 Å². The SMILES string of the molecule is CC(C)CCN(C)C(=O)CC(N)=NO. The van der Waals surface area contributed by atoms with E-state index in [0.717, 1.165) is 6.42 Å². The molecule has 5 heteroatoms. The standard InChI is InChI=1S/C9H19N3O2/c1-7(2)4-5-12(3)9(13)6-8(10)11-14/h7,14H,4-6H2,1-3H3,(H2,10,11). The molecule has 0 saturated heterocycles.